The summed E-state index contributed by atoms with van der Waals surface area (Å²) in [5.41, 5.74) is -1.31. The van der Waals surface area contributed by atoms with Gasteiger partial charge in [-0.1, -0.05) is 44.2 Å². The molecule has 0 aromatic heterocycles. The Balaban J connectivity index is 1.68. The molecule has 3 rings (SSSR count). The maximum atomic E-state index is 14.1. The van der Waals surface area contributed by atoms with Gasteiger partial charge in [-0.2, -0.15) is 13.2 Å². The molecule has 1 aromatic carbocycles. The standard InChI is InChI=1S/C21H30F3N3O/c1-17(2)14-25-10-12-27(13-11-25)19(28)20(21(22,23)24)8-9-26(16-20)15-18-6-4-3-5-7-18/h3-7,17H,8-16H2,1-2H3. The van der Waals surface area contributed by atoms with Crippen LogP contribution < -0.4 is 0 Å². The molecule has 1 aromatic rings. The van der Waals surface area contributed by atoms with E-state index < -0.39 is 17.5 Å². The number of hydrogen-bond donors (Lipinski definition) is 0. The van der Waals surface area contributed by atoms with Crippen LogP contribution in [0.3, 0.4) is 0 Å². The molecule has 2 heterocycles. The Kier molecular flexibility index (Phi) is 6.34. The number of carbonyl (C=O) groups is 1. The summed E-state index contributed by atoms with van der Waals surface area (Å²) in [5, 5.41) is 0. The molecular weight excluding hydrogens is 367 g/mol. The average molecular weight is 397 g/mol. The van der Waals surface area contributed by atoms with Crippen molar-refractivity contribution in [2.75, 3.05) is 45.8 Å². The molecule has 2 aliphatic heterocycles. The predicted octanol–water partition coefficient (Wildman–Crippen LogP) is 3.24. The van der Waals surface area contributed by atoms with E-state index in [9.17, 15) is 18.0 Å². The topological polar surface area (TPSA) is 26.8 Å². The third kappa shape index (κ3) is 4.51. The monoisotopic (exact) mass is 397 g/mol. The second-order valence-corrected chi connectivity index (χ2v) is 8.51. The molecule has 28 heavy (non-hydrogen) atoms. The Morgan fingerprint density at radius 1 is 1.04 bits per heavy atom. The van der Waals surface area contributed by atoms with Gasteiger partial charge in [-0.05, 0) is 24.4 Å². The lowest BCUT2D eigenvalue weighted by Gasteiger charge is -2.40. The number of benzene rings is 1. The van der Waals surface area contributed by atoms with Crippen molar-refractivity contribution in [2.24, 2.45) is 11.3 Å². The van der Waals surface area contributed by atoms with Crippen LogP contribution in [0.25, 0.3) is 0 Å². The third-order valence-electron chi connectivity index (χ3n) is 5.83. The molecule has 1 amide bonds. The van der Waals surface area contributed by atoms with Crippen LogP contribution in [0.1, 0.15) is 25.8 Å². The molecule has 2 saturated heterocycles. The van der Waals surface area contributed by atoms with Crippen molar-refractivity contribution in [3.63, 3.8) is 0 Å². The lowest BCUT2D eigenvalue weighted by atomic mass is 9.84. The number of piperazine rings is 1. The summed E-state index contributed by atoms with van der Waals surface area (Å²) in [5.74, 6) is -0.232. The molecule has 7 heteroatoms. The number of nitrogens with zero attached hydrogens (tertiary/aromatic N) is 3. The number of halogens is 3. The van der Waals surface area contributed by atoms with E-state index in [1.807, 2.05) is 30.3 Å². The fraction of sp³-hybridized carbons (Fsp3) is 0.667. The van der Waals surface area contributed by atoms with Crippen LogP contribution in [-0.2, 0) is 11.3 Å². The third-order valence-corrected chi connectivity index (χ3v) is 5.83. The molecule has 0 bridgehead atoms. The van der Waals surface area contributed by atoms with Gasteiger partial charge in [-0.25, -0.2) is 0 Å². The van der Waals surface area contributed by atoms with Crippen molar-refractivity contribution in [1.29, 1.82) is 0 Å². The smallest absolute Gasteiger partial charge is 0.339 e. The predicted molar refractivity (Wildman–Crippen MR) is 103 cm³/mol. The zero-order chi connectivity index (χ0) is 20.4. The van der Waals surface area contributed by atoms with Crippen molar-refractivity contribution in [1.82, 2.24) is 14.7 Å². The number of hydrogen-bond acceptors (Lipinski definition) is 3. The van der Waals surface area contributed by atoms with Gasteiger partial charge < -0.3 is 4.90 Å². The summed E-state index contributed by atoms with van der Waals surface area (Å²) >= 11 is 0. The molecule has 1 atom stereocenters. The lowest BCUT2D eigenvalue weighted by molar-refractivity contribution is -0.224. The van der Waals surface area contributed by atoms with Gasteiger partial charge in [-0.15, -0.1) is 0 Å². The summed E-state index contributed by atoms with van der Waals surface area (Å²) in [6, 6.07) is 9.46. The minimum atomic E-state index is -4.54. The normalized spacial score (nSPS) is 24.9. The van der Waals surface area contributed by atoms with Gasteiger partial charge in [0.1, 0.15) is 0 Å². The average Bonchev–Trinajstić information content (AvgIpc) is 3.07. The highest BCUT2D eigenvalue weighted by Crippen LogP contribution is 2.47. The van der Waals surface area contributed by atoms with E-state index in [0.29, 0.717) is 38.6 Å². The first kappa shape index (κ1) is 21.1. The molecule has 2 fully saturated rings. The van der Waals surface area contributed by atoms with Crippen molar-refractivity contribution < 1.29 is 18.0 Å². The zero-order valence-corrected chi connectivity index (χ0v) is 16.7. The molecular formula is C21H30F3N3O. The highest BCUT2D eigenvalue weighted by atomic mass is 19.4. The van der Waals surface area contributed by atoms with Crippen molar-refractivity contribution >= 4 is 5.91 Å². The molecule has 0 spiro atoms. The van der Waals surface area contributed by atoms with Gasteiger partial charge in [-0.3, -0.25) is 14.6 Å². The molecule has 0 saturated carbocycles. The van der Waals surface area contributed by atoms with E-state index in [-0.39, 0.29) is 19.5 Å². The largest absolute Gasteiger partial charge is 0.404 e. The molecule has 0 radical (unpaired) electrons. The Morgan fingerprint density at radius 3 is 2.25 bits per heavy atom. The number of alkyl halides is 3. The molecule has 0 aliphatic carbocycles. The van der Waals surface area contributed by atoms with Crippen LogP contribution in [-0.4, -0.2) is 72.6 Å². The second kappa shape index (κ2) is 8.41. The second-order valence-electron chi connectivity index (χ2n) is 8.51. The molecule has 0 N–H and O–H groups in total. The number of carbonyl (C=O) groups excluding carboxylic acids is 1. The Hall–Kier alpha value is -1.60. The van der Waals surface area contributed by atoms with Gasteiger partial charge in [0.05, 0.1) is 0 Å². The number of rotatable bonds is 5. The van der Waals surface area contributed by atoms with Crippen LogP contribution in [0, 0.1) is 11.3 Å². The van der Waals surface area contributed by atoms with Gasteiger partial charge in [0.25, 0.3) is 0 Å². The van der Waals surface area contributed by atoms with Crippen LogP contribution in [0.2, 0.25) is 0 Å². The van der Waals surface area contributed by atoms with Crippen molar-refractivity contribution in [2.45, 2.75) is 33.0 Å². The summed E-state index contributed by atoms with van der Waals surface area (Å²) in [6.07, 6.45) is -4.70. The highest BCUT2D eigenvalue weighted by Gasteiger charge is 2.64. The molecule has 156 valence electrons. The number of likely N-dealkylation sites (tertiary alicyclic amines) is 1. The Bertz CT molecular complexity index is 657. The number of amides is 1. The minimum Gasteiger partial charge on any atom is -0.339 e. The summed E-state index contributed by atoms with van der Waals surface area (Å²) in [6.45, 7) is 7.67. The lowest BCUT2D eigenvalue weighted by Crippen LogP contribution is -2.58. The van der Waals surface area contributed by atoms with Gasteiger partial charge >= 0.3 is 6.18 Å². The zero-order valence-electron chi connectivity index (χ0n) is 16.7. The van der Waals surface area contributed by atoms with Crippen LogP contribution in [0.5, 0.6) is 0 Å². The Morgan fingerprint density at radius 2 is 1.68 bits per heavy atom. The summed E-state index contributed by atoms with van der Waals surface area (Å²) in [7, 11) is 0. The molecule has 1 unspecified atom stereocenters. The van der Waals surface area contributed by atoms with Gasteiger partial charge in [0.2, 0.25) is 5.91 Å². The summed E-state index contributed by atoms with van der Waals surface area (Å²) < 4.78 is 42.3. The summed E-state index contributed by atoms with van der Waals surface area (Å²) in [4.78, 5) is 18.5. The highest BCUT2D eigenvalue weighted by molar-refractivity contribution is 5.84. The van der Waals surface area contributed by atoms with Crippen LogP contribution >= 0.6 is 0 Å². The first-order chi connectivity index (χ1) is 13.2. The van der Waals surface area contributed by atoms with E-state index in [4.69, 9.17) is 0 Å². The fourth-order valence-electron chi connectivity index (χ4n) is 4.35. The SMILES string of the molecule is CC(C)CN1CCN(C(=O)C2(C(F)(F)F)CCN(Cc3ccccc3)C2)CC1. The van der Waals surface area contributed by atoms with Crippen molar-refractivity contribution in [3.05, 3.63) is 35.9 Å². The first-order valence-corrected chi connectivity index (χ1v) is 10.1. The van der Waals surface area contributed by atoms with Gasteiger partial charge in [0.15, 0.2) is 5.41 Å². The van der Waals surface area contributed by atoms with E-state index in [0.717, 1.165) is 12.1 Å². The first-order valence-electron chi connectivity index (χ1n) is 10.1. The molecule has 2 aliphatic rings. The quantitative estimate of drug-likeness (QED) is 0.763. The maximum Gasteiger partial charge on any atom is 0.404 e. The van der Waals surface area contributed by atoms with E-state index in [1.165, 1.54) is 4.90 Å². The fourth-order valence-corrected chi connectivity index (χ4v) is 4.35. The van der Waals surface area contributed by atoms with Crippen LogP contribution in [0.4, 0.5) is 13.2 Å². The van der Waals surface area contributed by atoms with E-state index in [1.54, 1.807) is 4.90 Å². The van der Waals surface area contributed by atoms with Gasteiger partial charge in [0, 0.05) is 45.8 Å². The van der Waals surface area contributed by atoms with Crippen LogP contribution in [0.15, 0.2) is 30.3 Å². The maximum absolute atomic E-state index is 14.1. The molecule has 4 nitrogen and oxygen atoms in total. The van der Waals surface area contributed by atoms with Crippen molar-refractivity contribution in [3.8, 4) is 0 Å². The van der Waals surface area contributed by atoms with E-state index >= 15 is 0 Å². The Labute approximate surface area is 165 Å². The van der Waals surface area contributed by atoms with E-state index in [2.05, 4.69) is 18.7 Å². The minimum absolute atomic E-state index is 0.158.